The van der Waals surface area contributed by atoms with Crippen molar-refractivity contribution in [3.8, 4) is 16.9 Å². The van der Waals surface area contributed by atoms with E-state index < -0.39 is 0 Å². The molecule has 0 saturated carbocycles. The molecule has 2 amide bonds. The molecule has 0 radical (unpaired) electrons. The first-order valence-corrected chi connectivity index (χ1v) is 10.6. The number of hydrogen-bond acceptors (Lipinski definition) is 3. The lowest BCUT2D eigenvalue weighted by Gasteiger charge is -2.18. The highest BCUT2D eigenvalue weighted by atomic mass is 16.5. The molecule has 0 heterocycles. The summed E-state index contributed by atoms with van der Waals surface area (Å²) in [6.45, 7) is 5.52. The molecule has 0 aromatic heterocycles. The average molecular weight is 417 g/mol. The lowest BCUT2D eigenvalue weighted by molar-refractivity contribution is -0.116. The van der Waals surface area contributed by atoms with Crippen molar-refractivity contribution in [3.63, 3.8) is 0 Å². The zero-order valence-electron chi connectivity index (χ0n) is 18.0. The monoisotopic (exact) mass is 416 g/mol. The summed E-state index contributed by atoms with van der Waals surface area (Å²) in [4.78, 5) is 26.4. The summed E-state index contributed by atoms with van der Waals surface area (Å²) >= 11 is 0. The number of carbonyl (C=O) groups excluding carboxylic acids is 2. The van der Waals surface area contributed by atoms with E-state index in [4.69, 9.17) is 4.74 Å². The minimum absolute atomic E-state index is 0.00615. The largest absolute Gasteiger partial charge is 0.492 e. The van der Waals surface area contributed by atoms with E-state index in [0.29, 0.717) is 24.3 Å². The second kappa shape index (κ2) is 11.0. The summed E-state index contributed by atoms with van der Waals surface area (Å²) in [5.74, 6) is 0.606. The van der Waals surface area contributed by atoms with E-state index >= 15 is 0 Å². The molecule has 0 aliphatic carbocycles. The summed E-state index contributed by atoms with van der Waals surface area (Å²) in [6, 6.07) is 24.8. The highest BCUT2D eigenvalue weighted by molar-refractivity contribution is 5.95. The van der Waals surface area contributed by atoms with E-state index in [2.05, 4.69) is 5.32 Å². The number of rotatable bonds is 9. The maximum absolute atomic E-state index is 12.4. The molecule has 0 aliphatic heterocycles. The van der Waals surface area contributed by atoms with E-state index in [1.165, 1.54) is 0 Å². The number of benzene rings is 3. The molecule has 0 atom stereocenters. The number of hydrogen-bond donors (Lipinski definition) is 1. The van der Waals surface area contributed by atoms with E-state index in [9.17, 15) is 9.59 Å². The third-order valence-electron chi connectivity index (χ3n) is 5.02. The number of para-hydroxylation sites is 1. The number of nitrogens with one attached hydrogen (secondary N) is 1. The summed E-state index contributed by atoms with van der Waals surface area (Å²) in [7, 11) is 0. The molecule has 5 nitrogen and oxygen atoms in total. The van der Waals surface area contributed by atoms with Crippen molar-refractivity contribution in [3.05, 3.63) is 84.4 Å². The first-order chi connectivity index (χ1) is 15.1. The normalized spacial score (nSPS) is 10.4. The minimum atomic E-state index is -0.139. The molecule has 0 unspecified atom stereocenters. The predicted octanol–water partition coefficient (Wildman–Crippen LogP) is 5.24. The molecule has 1 N–H and O–H groups in total. The van der Waals surface area contributed by atoms with E-state index in [0.717, 1.165) is 16.9 Å². The Morgan fingerprint density at radius 2 is 1.48 bits per heavy atom. The second-order valence-corrected chi connectivity index (χ2v) is 7.06. The lowest BCUT2D eigenvalue weighted by Crippen LogP contribution is -2.30. The van der Waals surface area contributed by atoms with Gasteiger partial charge in [0.2, 0.25) is 5.91 Å². The number of carbonyl (C=O) groups is 2. The van der Waals surface area contributed by atoms with E-state index in [1.54, 1.807) is 29.2 Å². The van der Waals surface area contributed by atoms with E-state index in [-0.39, 0.29) is 24.8 Å². The van der Waals surface area contributed by atoms with Gasteiger partial charge in [0.1, 0.15) is 5.75 Å². The highest BCUT2D eigenvalue weighted by Gasteiger charge is 2.12. The molecule has 0 spiro atoms. The molecule has 0 saturated heterocycles. The van der Waals surface area contributed by atoms with Crippen molar-refractivity contribution in [1.29, 1.82) is 0 Å². The molecule has 3 aromatic rings. The van der Waals surface area contributed by atoms with Crippen molar-refractivity contribution >= 4 is 17.5 Å². The van der Waals surface area contributed by atoms with Gasteiger partial charge in [-0.25, -0.2) is 0 Å². The third kappa shape index (κ3) is 5.95. The number of nitrogens with zero attached hydrogens (tertiary/aromatic N) is 1. The molecule has 31 heavy (non-hydrogen) atoms. The summed E-state index contributed by atoms with van der Waals surface area (Å²) in [5.41, 5.74) is 3.34. The Hall–Kier alpha value is -3.60. The van der Waals surface area contributed by atoms with Crippen LogP contribution in [0.15, 0.2) is 78.9 Å². The molecular weight excluding hydrogens is 388 g/mol. The first kappa shape index (κ1) is 22.1. The highest BCUT2D eigenvalue weighted by Crippen LogP contribution is 2.29. The number of anilines is 1. The Balaban J connectivity index is 1.53. The van der Waals surface area contributed by atoms with Gasteiger partial charge in [-0.1, -0.05) is 48.5 Å². The smallest absolute Gasteiger partial charge is 0.253 e. The maximum Gasteiger partial charge on any atom is 0.253 e. The molecule has 5 heteroatoms. The summed E-state index contributed by atoms with van der Waals surface area (Å²) in [5, 5.41) is 2.85. The van der Waals surface area contributed by atoms with Gasteiger partial charge < -0.3 is 15.0 Å². The maximum atomic E-state index is 12.4. The Labute approximate surface area is 183 Å². The van der Waals surface area contributed by atoms with Gasteiger partial charge in [-0.2, -0.15) is 0 Å². The zero-order valence-corrected chi connectivity index (χ0v) is 18.0. The second-order valence-electron chi connectivity index (χ2n) is 7.06. The molecule has 0 bridgehead atoms. The van der Waals surface area contributed by atoms with Gasteiger partial charge in [-0.3, -0.25) is 9.59 Å². The van der Waals surface area contributed by atoms with Crippen molar-refractivity contribution < 1.29 is 14.3 Å². The van der Waals surface area contributed by atoms with Crippen LogP contribution in [0.5, 0.6) is 5.75 Å². The fourth-order valence-corrected chi connectivity index (χ4v) is 3.32. The van der Waals surface area contributed by atoms with Gasteiger partial charge >= 0.3 is 0 Å². The summed E-state index contributed by atoms with van der Waals surface area (Å²) in [6.07, 6.45) is 0.225. The molecule has 3 rings (SSSR count). The SMILES string of the molecule is CCN(CC)C(=O)c1ccc(NC(=O)CCOc2ccccc2-c2ccccc2)cc1. The van der Waals surface area contributed by atoms with Gasteiger partial charge in [0.15, 0.2) is 0 Å². The average Bonchev–Trinajstić information content (AvgIpc) is 2.81. The van der Waals surface area contributed by atoms with Crippen LogP contribution >= 0.6 is 0 Å². The topological polar surface area (TPSA) is 58.6 Å². The fourth-order valence-electron chi connectivity index (χ4n) is 3.32. The van der Waals surface area contributed by atoms with Crippen molar-refractivity contribution in [1.82, 2.24) is 4.90 Å². The van der Waals surface area contributed by atoms with Gasteiger partial charge in [-0.15, -0.1) is 0 Å². The Kier molecular flexibility index (Phi) is 7.82. The molecule has 3 aromatic carbocycles. The number of ether oxygens (including phenoxy) is 1. The minimum Gasteiger partial charge on any atom is -0.492 e. The molecular formula is C26H28N2O3. The number of amides is 2. The van der Waals surface area contributed by atoms with Crippen LogP contribution in [-0.2, 0) is 4.79 Å². The predicted molar refractivity (Wildman–Crippen MR) is 124 cm³/mol. The zero-order chi connectivity index (χ0) is 22.1. The quantitative estimate of drug-likeness (QED) is 0.519. The Morgan fingerprint density at radius 1 is 0.839 bits per heavy atom. The van der Waals surface area contributed by atoms with Crippen LogP contribution in [0, 0.1) is 0 Å². The third-order valence-corrected chi connectivity index (χ3v) is 5.02. The molecule has 160 valence electrons. The van der Waals surface area contributed by atoms with Crippen LogP contribution in [-0.4, -0.2) is 36.4 Å². The van der Waals surface area contributed by atoms with Crippen LogP contribution in [0.3, 0.4) is 0 Å². The van der Waals surface area contributed by atoms with Gasteiger partial charge in [-0.05, 0) is 49.7 Å². The lowest BCUT2D eigenvalue weighted by atomic mass is 10.1. The van der Waals surface area contributed by atoms with Gasteiger partial charge in [0.25, 0.3) is 5.91 Å². The van der Waals surface area contributed by atoms with Crippen LogP contribution in [0.1, 0.15) is 30.6 Å². The van der Waals surface area contributed by atoms with Gasteiger partial charge in [0.05, 0.1) is 13.0 Å². The first-order valence-electron chi connectivity index (χ1n) is 10.6. The Morgan fingerprint density at radius 3 is 2.16 bits per heavy atom. The van der Waals surface area contributed by atoms with Crippen LogP contribution in [0.4, 0.5) is 5.69 Å². The summed E-state index contributed by atoms with van der Waals surface area (Å²) < 4.78 is 5.89. The fraction of sp³-hybridized carbons (Fsp3) is 0.231. The van der Waals surface area contributed by atoms with E-state index in [1.807, 2.05) is 68.4 Å². The molecule has 0 aliphatic rings. The molecule has 0 fully saturated rings. The van der Waals surface area contributed by atoms with Crippen molar-refractivity contribution in [2.75, 3.05) is 25.0 Å². The van der Waals surface area contributed by atoms with Crippen LogP contribution < -0.4 is 10.1 Å². The van der Waals surface area contributed by atoms with Crippen LogP contribution in [0.2, 0.25) is 0 Å². The van der Waals surface area contributed by atoms with Crippen LogP contribution in [0.25, 0.3) is 11.1 Å². The van der Waals surface area contributed by atoms with Gasteiger partial charge in [0, 0.05) is 29.9 Å². The Bertz CT molecular complexity index is 997. The standard InChI is InChI=1S/C26H28N2O3/c1-3-28(4-2)26(30)21-14-16-22(17-15-21)27-25(29)18-19-31-24-13-9-8-12-23(24)20-10-6-5-7-11-20/h5-17H,3-4,18-19H2,1-2H3,(H,27,29). The van der Waals surface area contributed by atoms with Crippen molar-refractivity contribution in [2.45, 2.75) is 20.3 Å². The van der Waals surface area contributed by atoms with Crippen molar-refractivity contribution in [2.24, 2.45) is 0 Å².